The summed E-state index contributed by atoms with van der Waals surface area (Å²) in [5.41, 5.74) is 9.44. The molecule has 34 heavy (non-hydrogen) atoms. The van der Waals surface area contributed by atoms with Gasteiger partial charge in [0.2, 0.25) is 11.9 Å². The highest BCUT2D eigenvalue weighted by atomic mass is 16.3. The average Bonchev–Trinajstić information content (AvgIpc) is 3.76. The van der Waals surface area contributed by atoms with Gasteiger partial charge in [-0.2, -0.15) is 5.26 Å². The lowest BCUT2D eigenvalue weighted by molar-refractivity contribution is -0.135. The number of carbonyl (C=O) groups excluding carboxylic acids is 1. The fourth-order valence-electron chi connectivity index (χ4n) is 4.88. The maximum Gasteiger partial charge on any atom is 0.225 e. The molecule has 9 nitrogen and oxygen atoms in total. The Morgan fingerprint density at radius 1 is 1.24 bits per heavy atom. The van der Waals surface area contributed by atoms with Crippen LogP contribution in [0.4, 0.5) is 11.8 Å². The van der Waals surface area contributed by atoms with Gasteiger partial charge in [0.05, 0.1) is 35.3 Å². The largest absolute Gasteiger partial charge is 0.396 e. The number of nitrogen functional groups attached to an aromatic ring is 1. The van der Waals surface area contributed by atoms with Crippen LogP contribution in [0, 0.1) is 17.2 Å². The molecule has 0 bridgehead atoms. The normalized spacial score (nSPS) is 20.2. The van der Waals surface area contributed by atoms with Crippen LogP contribution in [-0.2, 0) is 4.79 Å². The number of aliphatic hydroxyl groups is 1. The van der Waals surface area contributed by atoms with Gasteiger partial charge in [-0.25, -0.2) is 15.0 Å². The van der Waals surface area contributed by atoms with Crippen LogP contribution in [0.2, 0.25) is 0 Å². The molecule has 2 aliphatic carbocycles. The van der Waals surface area contributed by atoms with Crippen molar-refractivity contribution in [3.8, 4) is 17.3 Å². The minimum atomic E-state index is -0.135. The van der Waals surface area contributed by atoms with E-state index in [4.69, 9.17) is 10.7 Å². The molecule has 3 heterocycles. The van der Waals surface area contributed by atoms with Gasteiger partial charge in [-0.3, -0.25) is 4.79 Å². The summed E-state index contributed by atoms with van der Waals surface area (Å²) in [6.45, 7) is 5.46. The molecule has 0 spiro atoms. The van der Waals surface area contributed by atoms with Gasteiger partial charge >= 0.3 is 0 Å². The van der Waals surface area contributed by atoms with Crippen LogP contribution in [0.25, 0.3) is 17.3 Å². The third-order valence-electron chi connectivity index (χ3n) is 6.90. The van der Waals surface area contributed by atoms with E-state index in [0.717, 1.165) is 36.9 Å². The Bertz CT molecular complexity index is 1170. The van der Waals surface area contributed by atoms with E-state index in [9.17, 15) is 15.2 Å². The minimum Gasteiger partial charge on any atom is -0.396 e. The molecule has 1 amide bonds. The van der Waals surface area contributed by atoms with Gasteiger partial charge in [0.15, 0.2) is 0 Å². The van der Waals surface area contributed by atoms with E-state index in [2.05, 4.69) is 27.5 Å². The van der Waals surface area contributed by atoms with Gasteiger partial charge in [0, 0.05) is 37.5 Å². The predicted octanol–water partition coefficient (Wildman–Crippen LogP) is 2.32. The number of nitrogens with two attached hydrogens (primary N) is 1. The Balaban J connectivity index is 1.51. The molecule has 5 rings (SSSR count). The Kier molecular flexibility index (Phi) is 5.92. The lowest BCUT2D eigenvalue weighted by Crippen LogP contribution is -2.56. The molecule has 1 aliphatic heterocycles. The van der Waals surface area contributed by atoms with Crippen LogP contribution >= 0.6 is 0 Å². The first-order valence-electron chi connectivity index (χ1n) is 11.9. The number of pyridine rings is 1. The van der Waals surface area contributed by atoms with Crippen LogP contribution in [0.5, 0.6) is 0 Å². The lowest BCUT2D eigenvalue weighted by Gasteiger charge is -2.42. The number of nitriles is 1. The van der Waals surface area contributed by atoms with E-state index in [0.29, 0.717) is 54.2 Å². The number of aromatic nitrogens is 3. The number of hydrogen-bond acceptors (Lipinski definition) is 8. The van der Waals surface area contributed by atoms with Crippen molar-refractivity contribution in [3.63, 3.8) is 0 Å². The first-order valence-corrected chi connectivity index (χ1v) is 11.9. The van der Waals surface area contributed by atoms with Gasteiger partial charge in [-0.1, -0.05) is 6.58 Å². The summed E-state index contributed by atoms with van der Waals surface area (Å²) in [7, 11) is 0. The van der Waals surface area contributed by atoms with E-state index in [1.54, 1.807) is 6.08 Å². The first kappa shape index (κ1) is 22.3. The molecule has 2 saturated carbocycles. The predicted molar refractivity (Wildman–Crippen MR) is 129 cm³/mol. The number of rotatable bonds is 7. The van der Waals surface area contributed by atoms with Gasteiger partial charge < -0.3 is 20.6 Å². The molecule has 3 fully saturated rings. The summed E-state index contributed by atoms with van der Waals surface area (Å²) in [5, 5.41) is 19.3. The Morgan fingerprint density at radius 2 is 2.03 bits per heavy atom. The van der Waals surface area contributed by atoms with E-state index >= 15 is 0 Å². The van der Waals surface area contributed by atoms with Crippen molar-refractivity contribution in [1.29, 1.82) is 5.26 Å². The highest BCUT2D eigenvalue weighted by molar-refractivity contribution is 5.77. The van der Waals surface area contributed by atoms with Crippen molar-refractivity contribution in [2.75, 3.05) is 36.9 Å². The molecule has 1 unspecified atom stereocenters. The molecule has 3 N–H and O–H groups in total. The van der Waals surface area contributed by atoms with E-state index in [1.807, 2.05) is 17.0 Å². The van der Waals surface area contributed by atoms with Gasteiger partial charge in [0.25, 0.3) is 0 Å². The standard InChI is InChI=1S/C25H29N7O2/c1-2-18-12-20(29-25(27)28-18)19-11-17(13-26)24(30-23(19)16-5-6-16)31-8-9-32(22(34)7-10-33)21(14-31)15-3-4-15/h2,11-12,15-16,21,33H,1,3-10,14H2,(H2,27,28,29). The maximum absolute atomic E-state index is 12.6. The summed E-state index contributed by atoms with van der Waals surface area (Å²) in [4.78, 5) is 30.3. The zero-order chi connectivity index (χ0) is 23.8. The molecule has 1 saturated heterocycles. The summed E-state index contributed by atoms with van der Waals surface area (Å²) in [6.07, 6.45) is 6.09. The third kappa shape index (κ3) is 4.33. The topological polar surface area (TPSA) is 132 Å². The van der Waals surface area contributed by atoms with Crippen molar-refractivity contribution in [2.24, 2.45) is 5.92 Å². The van der Waals surface area contributed by atoms with Crippen LogP contribution in [-0.4, -0.2) is 63.1 Å². The number of amides is 1. The molecule has 1 atom stereocenters. The fraction of sp³-hybridized carbons (Fsp3) is 0.480. The molecule has 0 aromatic carbocycles. The van der Waals surface area contributed by atoms with Crippen LogP contribution in [0.3, 0.4) is 0 Å². The first-order chi connectivity index (χ1) is 16.5. The van der Waals surface area contributed by atoms with E-state index in [1.165, 1.54) is 0 Å². The van der Waals surface area contributed by atoms with Crippen molar-refractivity contribution in [1.82, 2.24) is 19.9 Å². The maximum atomic E-state index is 12.6. The number of piperazine rings is 1. The number of anilines is 2. The average molecular weight is 460 g/mol. The second-order valence-corrected chi connectivity index (χ2v) is 9.33. The van der Waals surface area contributed by atoms with Crippen molar-refractivity contribution in [2.45, 2.75) is 44.1 Å². The molecule has 3 aliphatic rings. The summed E-state index contributed by atoms with van der Waals surface area (Å²) < 4.78 is 0. The third-order valence-corrected chi connectivity index (χ3v) is 6.90. The van der Waals surface area contributed by atoms with Gasteiger partial charge in [-0.15, -0.1) is 0 Å². The molecule has 9 heteroatoms. The zero-order valence-corrected chi connectivity index (χ0v) is 19.2. The Morgan fingerprint density at radius 3 is 2.68 bits per heavy atom. The highest BCUT2D eigenvalue weighted by Crippen LogP contribution is 2.45. The number of nitrogens with zero attached hydrogens (tertiary/aromatic N) is 6. The summed E-state index contributed by atoms with van der Waals surface area (Å²) >= 11 is 0. The summed E-state index contributed by atoms with van der Waals surface area (Å²) in [6, 6.07) is 6.12. The summed E-state index contributed by atoms with van der Waals surface area (Å²) in [5.74, 6) is 1.64. The Hall–Kier alpha value is -3.51. The van der Waals surface area contributed by atoms with Crippen molar-refractivity contribution >= 4 is 23.7 Å². The van der Waals surface area contributed by atoms with Crippen LogP contribution in [0.15, 0.2) is 18.7 Å². The second kappa shape index (κ2) is 9.03. The molecule has 2 aromatic rings. The zero-order valence-electron chi connectivity index (χ0n) is 19.2. The molecule has 176 valence electrons. The van der Waals surface area contributed by atoms with Crippen molar-refractivity contribution in [3.05, 3.63) is 35.7 Å². The monoisotopic (exact) mass is 459 g/mol. The quantitative estimate of drug-likeness (QED) is 0.645. The molecule has 2 aromatic heterocycles. The fourth-order valence-corrected chi connectivity index (χ4v) is 4.88. The molecular formula is C25H29N7O2. The lowest BCUT2D eigenvalue weighted by atomic mass is 10.0. The SMILES string of the molecule is C=Cc1cc(-c2cc(C#N)c(N3CCN(C(=O)CCO)C(C4CC4)C3)nc2C2CC2)nc(N)n1. The van der Waals surface area contributed by atoms with E-state index < -0.39 is 0 Å². The second-order valence-electron chi connectivity index (χ2n) is 9.33. The molecular weight excluding hydrogens is 430 g/mol. The van der Waals surface area contributed by atoms with Crippen LogP contribution < -0.4 is 10.6 Å². The van der Waals surface area contributed by atoms with Crippen molar-refractivity contribution < 1.29 is 9.90 Å². The minimum absolute atomic E-state index is 0.000839. The van der Waals surface area contributed by atoms with Gasteiger partial charge in [0.1, 0.15) is 11.9 Å². The Labute approximate surface area is 198 Å². The highest BCUT2D eigenvalue weighted by Gasteiger charge is 2.41. The number of carbonyl (C=O) groups is 1. The van der Waals surface area contributed by atoms with Gasteiger partial charge in [-0.05, 0) is 49.8 Å². The van der Waals surface area contributed by atoms with Crippen LogP contribution in [0.1, 0.15) is 55.0 Å². The smallest absolute Gasteiger partial charge is 0.225 e. The van der Waals surface area contributed by atoms with E-state index in [-0.39, 0.29) is 30.9 Å². The number of aliphatic hydroxyl groups excluding tert-OH is 1. The molecule has 0 radical (unpaired) electrons. The number of hydrogen-bond donors (Lipinski definition) is 2.